The molecule has 0 radical (unpaired) electrons. The highest BCUT2D eigenvalue weighted by molar-refractivity contribution is 7.92. The first-order chi connectivity index (χ1) is 14.8. The van der Waals surface area contributed by atoms with Gasteiger partial charge in [0, 0.05) is 38.3 Å². The third-order valence-electron chi connectivity index (χ3n) is 5.31. The van der Waals surface area contributed by atoms with Crippen molar-refractivity contribution in [2.45, 2.75) is 17.7 Å². The number of halogens is 1. The van der Waals surface area contributed by atoms with Crippen LogP contribution in [0.15, 0.2) is 53.4 Å². The Labute approximate surface area is 189 Å². The van der Waals surface area contributed by atoms with Crippen molar-refractivity contribution in [1.29, 1.82) is 0 Å². The lowest BCUT2D eigenvalue weighted by atomic mass is 10.2. The van der Waals surface area contributed by atoms with Gasteiger partial charge in [-0.15, -0.1) is 0 Å². The average molecular weight is 465 g/mol. The van der Waals surface area contributed by atoms with Gasteiger partial charge >= 0.3 is 0 Å². The Balaban J connectivity index is 1.50. The molecule has 0 saturated carbocycles. The number of amides is 1. The Morgan fingerprint density at radius 3 is 2.52 bits per heavy atom. The maximum absolute atomic E-state index is 12.7. The van der Waals surface area contributed by atoms with Gasteiger partial charge in [-0.3, -0.25) is 9.52 Å². The smallest absolute Gasteiger partial charge is 0.261 e. The second kappa shape index (κ2) is 10.9. The lowest BCUT2D eigenvalue weighted by Crippen LogP contribution is -2.44. The molecule has 1 aliphatic rings. The Bertz CT molecular complexity index is 992. The molecule has 168 valence electrons. The van der Waals surface area contributed by atoms with Gasteiger partial charge < -0.3 is 15.1 Å². The molecule has 7 nitrogen and oxygen atoms in total. The maximum atomic E-state index is 12.7. The molecule has 0 aromatic heterocycles. The largest absolute Gasteiger partial charge is 0.352 e. The van der Waals surface area contributed by atoms with E-state index in [1.54, 1.807) is 36.4 Å². The number of nitrogens with zero attached hydrogens (tertiary/aromatic N) is 2. The van der Waals surface area contributed by atoms with Gasteiger partial charge in [-0.05, 0) is 56.8 Å². The minimum absolute atomic E-state index is 0.00939. The van der Waals surface area contributed by atoms with Crippen LogP contribution >= 0.6 is 11.6 Å². The van der Waals surface area contributed by atoms with Crippen molar-refractivity contribution >= 4 is 33.2 Å². The van der Waals surface area contributed by atoms with E-state index in [2.05, 4.69) is 26.9 Å². The molecule has 1 saturated heterocycles. The first kappa shape index (κ1) is 23.5. The molecule has 1 aliphatic heterocycles. The van der Waals surface area contributed by atoms with Gasteiger partial charge in [0.2, 0.25) is 0 Å². The fraction of sp³-hybridized carbons (Fsp3) is 0.409. The predicted octanol–water partition coefficient (Wildman–Crippen LogP) is 2.90. The number of anilines is 1. The summed E-state index contributed by atoms with van der Waals surface area (Å²) < 4.78 is 27.8. The molecule has 31 heavy (non-hydrogen) atoms. The number of benzene rings is 2. The molecule has 0 unspecified atom stereocenters. The van der Waals surface area contributed by atoms with Crippen molar-refractivity contribution in [2.75, 3.05) is 51.0 Å². The van der Waals surface area contributed by atoms with Gasteiger partial charge in [-0.2, -0.15) is 0 Å². The van der Waals surface area contributed by atoms with Crippen molar-refractivity contribution < 1.29 is 13.2 Å². The Hall–Kier alpha value is -2.13. The molecule has 0 atom stereocenters. The molecular formula is C22H29ClN4O3S. The number of sulfonamides is 1. The van der Waals surface area contributed by atoms with Crippen LogP contribution in [0, 0.1) is 0 Å². The zero-order valence-electron chi connectivity index (χ0n) is 17.7. The predicted molar refractivity (Wildman–Crippen MR) is 124 cm³/mol. The van der Waals surface area contributed by atoms with Crippen molar-refractivity contribution in [2.24, 2.45) is 0 Å². The van der Waals surface area contributed by atoms with Crippen molar-refractivity contribution in [3.8, 4) is 0 Å². The van der Waals surface area contributed by atoms with Crippen LogP contribution in [0.2, 0.25) is 5.02 Å². The summed E-state index contributed by atoms with van der Waals surface area (Å²) in [6, 6.07) is 12.6. The lowest BCUT2D eigenvalue weighted by Gasteiger charge is -2.32. The summed E-state index contributed by atoms with van der Waals surface area (Å²) in [7, 11) is -1.72. The Morgan fingerprint density at radius 1 is 1.03 bits per heavy atom. The van der Waals surface area contributed by atoms with Crippen LogP contribution in [-0.4, -0.2) is 70.4 Å². The molecule has 2 aromatic carbocycles. The molecule has 9 heteroatoms. The maximum Gasteiger partial charge on any atom is 0.261 e. The van der Waals surface area contributed by atoms with Crippen LogP contribution in [0.25, 0.3) is 0 Å². The summed E-state index contributed by atoms with van der Waals surface area (Å²) in [5.74, 6) is -0.283. The zero-order chi connectivity index (χ0) is 22.3. The molecule has 0 bridgehead atoms. The van der Waals surface area contributed by atoms with E-state index in [9.17, 15) is 13.2 Å². The third-order valence-corrected chi connectivity index (χ3v) is 7.00. The van der Waals surface area contributed by atoms with Crippen LogP contribution in [0.3, 0.4) is 0 Å². The van der Waals surface area contributed by atoms with Crippen LogP contribution in [-0.2, 0) is 10.0 Å². The minimum Gasteiger partial charge on any atom is -0.352 e. The topological polar surface area (TPSA) is 81.8 Å². The van der Waals surface area contributed by atoms with E-state index in [-0.39, 0.29) is 10.8 Å². The summed E-state index contributed by atoms with van der Waals surface area (Å²) >= 11 is 6.04. The number of piperazine rings is 1. The summed E-state index contributed by atoms with van der Waals surface area (Å²) in [5.41, 5.74) is 0.598. The van der Waals surface area contributed by atoms with Crippen LogP contribution < -0.4 is 10.0 Å². The standard InChI is InChI=1S/C22H29ClN4O3S/c1-26-13-15-27(16-14-26)12-5-4-11-24-22(28)18-7-6-8-19(17-18)31(29,30)25-21-10-3-2-9-20(21)23/h2-3,6-10,17,25H,4-5,11-16H2,1H3,(H,24,28). The molecule has 1 heterocycles. The molecule has 1 amide bonds. The normalized spacial score (nSPS) is 15.5. The second-order valence-corrected chi connectivity index (χ2v) is 9.81. The molecule has 0 spiro atoms. The highest BCUT2D eigenvalue weighted by Gasteiger charge is 2.18. The molecule has 2 aromatic rings. The first-order valence-electron chi connectivity index (χ1n) is 10.4. The first-order valence-corrected chi connectivity index (χ1v) is 12.3. The number of hydrogen-bond acceptors (Lipinski definition) is 5. The van der Waals surface area contributed by atoms with Gasteiger partial charge in [0.25, 0.3) is 15.9 Å². The average Bonchev–Trinajstić information content (AvgIpc) is 2.76. The number of hydrogen-bond donors (Lipinski definition) is 2. The molecular weight excluding hydrogens is 436 g/mol. The van der Waals surface area contributed by atoms with E-state index < -0.39 is 10.0 Å². The number of carbonyl (C=O) groups excluding carboxylic acids is 1. The highest BCUT2D eigenvalue weighted by atomic mass is 35.5. The fourth-order valence-electron chi connectivity index (χ4n) is 3.39. The number of nitrogens with one attached hydrogen (secondary N) is 2. The SMILES string of the molecule is CN1CCN(CCCCNC(=O)c2cccc(S(=O)(=O)Nc3ccccc3Cl)c2)CC1. The number of para-hydroxylation sites is 1. The lowest BCUT2D eigenvalue weighted by molar-refractivity contribution is 0.0951. The minimum atomic E-state index is -3.86. The van der Waals surface area contributed by atoms with Gasteiger partial charge in [-0.1, -0.05) is 29.8 Å². The van der Waals surface area contributed by atoms with E-state index in [0.717, 1.165) is 45.6 Å². The second-order valence-electron chi connectivity index (χ2n) is 7.72. The molecule has 3 rings (SSSR count). The van der Waals surface area contributed by atoms with Crippen LogP contribution in [0.5, 0.6) is 0 Å². The summed E-state index contributed by atoms with van der Waals surface area (Å²) in [5, 5.41) is 3.18. The number of unbranched alkanes of at least 4 members (excludes halogenated alkanes) is 1. The number of likely N-dealkylation sites (N-methyl/N-ethyl adjacent to an activating group) is 1. The molecule has 0 aliphatic carbocycles. The highest BCUT2D eigenvalue weighted by Crippen LogP contribution is 2.24. The number of carbonyl (C=O) groups is 1. The van der Waals surface area contributed by atoms with Crippen LogP contribution in [0.1, 0.15) is 23.2 Å². The van der Waals surface area contributed by atoms with Gasteiger partial charge in [0.05, 0.1) is 15.6 Å². The van der Waals surface area contributed by atoms with Gasteiger partial charge in [0.15, 0.2) is 0 Å². The monoisotopic (exact) mass is 464 g/mol. The van der Waals surface area contributed by atoms with Gasteiger partial charge in [-0.25, -0.2) is 8.42 Å². The van der Waals surface area contributed by atoms with E-state index in [0.29, 0.717) is 22.8 Å². The van der Waals surface area contributed by atoms with Crippen LogP contribution in [0.4, 0.5) is 5.69 Å². The zero-order valence-corrected chi connectivity index (χ0v) is 19.3. The Kier molecular flexibility index (Phi) is 8.31. The quantitative estimate of drug-likeness (QED) is 0.557. The molecule has 1 fully saturated rings. The summed E-state index contributed by atoms with van der Waals surface area (Å²) in [6.07, 6.45) is 1.89. The Morgan fingerprint density at radius 2 is 1.77 bits per heavy atom. The van der Waals surface area contributed by atoms with Crippen molar-refractivity contribution in [3.05, 3.63) is 59.1 Å². The molecule has 2 N–H and O–H groups in total. The van der Waals surface area contributed by atoms with E-state index in [1.165, 1.54) is 12.1 Å². The third kappa shape index (κ3) is 6.93. The van der Waals surface area contributed by atoms with Crippen molar-refractivity contribution in [1.82, 2.24) is 15.1 Å². The summed E-state index contributed by atoms with van der Waals surface area (Å²) in [4.78, 5) is 17.3. The van der Waals surface area contributed by atoms with E-state index in [1.807, 2.05) is 0 Å². The van der Waals surface area contributed by atoms with E-state index >= 15 is 0 Å². The summed E-state index contributed by atoms with van der Waals surface area (Å²) in [6.45, 7) is 5.97. The fourth-order valence-corrected chi connectivity index (χ4v) is 4.75. The number of rotatable bonds is 9. The van der Waals surface area contributed by atoms with Crippen molar-refractivity contribution in [3.63, 3.8) is 0 Å². The van der Waals surface area contributed by atoms with Gasteiger partial charge in [0.1, 0.15) is 0 Å². The van der Waals surface area contributed by atoms with E-state index in [4.69, 9.17) is 11.6 Å².